The number of rotatable bonds is 4. The number of nitrogens with one attached hydrogen (secondary N) is 1. The zero-order valence-electron chi connectivity index (χ0n) is 13.7. The third kappa shape index (κ3) is 3.98. The van der Waals surface area contributed by atoms with Crippen LogP contribution in [0.2, 0.25) is 0 Å². The molecule has 0 radical (unpaired) electrons. The molecule has 122 valence electrons. The predicted molar refractivity (Wildman–Crippen MR) is 94.7 cm³/mol. The zero-order valence-corrected chi connectivity index (χ0v) is 14.5. The van der Waals surface area contributed by atoms with Gasteiger partial charge >= 0.3 is 0 Å². The van der Waals surface area contributed by atoms with Crippen LogP contribution in [0.15, 0.2) is 36.5 Å². The highest BCUT2D eigenvalue weighted by Gasteiger charge is 2.31. The first-order valence-corrected chi connectivity index (χ1v) is 8.87. The minimum Gasteiger partial charge on any atom is -0.302 e. The van der Waals surface area contributed by atoms with Crippen molar-refractivity contribution in [2.75, 3.05) is 18.4 Å². The third-order valence-electron chi connectivity index (χ3n) is 4.65. The van der Waals surface area contributed by atoms with Crippen LogP contribution in [-0.4, -0.2) is 28.9 Å². The second-order valence-electron chi connectivity index (χ2n) is 6.52. The summed E-state index contributed by atoms with van der Waals surface area (Å²) in [6.07, 6.45) is 4.23. The zero-order chi connectivity index (χ0) is 16.3. The Balaban J connectivity index is 1.57. The van der Waals surface area contributed by atoms with Gasteiger partial charge in [-0.25, -0.2) is 4.98 Å². The van der Waals surface area contributed by atoms with Crippen molar-refractivity contribution < 1.29 is 4.79 Å². The molecule has 4 nitrogen and oxygen atoms in total. The SMILES string of the molecule is CC(=O)Nc1ncc(CN2CCC(C)(c3ccccc3)CC2)s1. The highest BCUT2D eigenvalue weighted by atomic mass is 32.1. The Labute approximate surface area is 141 Å². The van der Waals surface area contributed by atoms with E-state index in [4.69, 9.17) is 0 Å². The van der Waals surface area contributed by atoms with Crippen LogP contribution in [0.25, 0.3) is 0 Å². The van der Waals surface area contributed by atoms with Crippen LogP contribution in [0.1, 0.15) is 37.1 Å². The second kappa shape index (κ2) is 6.81. The molecule has 2 aromatic rings. The average Bonchev–Trinajstić information content (AvgIpc) is 2.97. The van der Waals surface area contributed by atoms with Crippen molar-refractivity contribution in [3.63, 3.8) is 0 Å². The minimum absolute atomic E-state index is 0.0671. The topological polar surface area (TPSA) is 45.2 Å². The van der Waals surface area contributed by atoms with Gasteiger partial charge in [0.1, 0.15) is 0 Å². The van der Waals surface area contributed by atoms with E-state index in [0.717, 1.165) is 19.6 Å². The van der Waals surface area contributed by atoms with E-state index in [1.807, 2.05) is 6.20 Å². The monoisotopic (exact) mass is 329 g/mol. The summed E-state index contributed by atoms with van der Waals surface area (Å²) < 4.78 is 0. The largest absolute Gasteiger partial charge is 0.302 e. The molecule has 5 heteroatoms. The Morgan fingerprint density at radius 1 is 1.30 bits per heavy atom. The van der Waals surface area contributed by atoms with E-state index < -0.39 is 0 Å². The molecule has 0 atom stereocenters. The molecular weight excluding hydrogens is 306 g/mol. The van der Waals surface area contributed by atoms with E-state index in [0.29, 0.717) is 5.13 Å². The lowest BCUT2D eigenvalue weighted by Crippen LogP contribution is -2.40. The summed E-state index contributed by atoms with van der Waals surface area (Å²) in [5.41, 5.74) is 1.73. The number of benzene rings is 1. The van der Waals surface area contributed by atoms with Gasteiger partial charge in [-0.1, -0.05) is 37.3 Å². The molecule has 1 aliphatic heterocycles. The van der Waals surface area contributed by atoms with Crippen molar-refractivity contribution in [2.24, 2.45) is 0 Å². The molecule has 23 heavy (non-hydrogen) atoms. The molecule has 0 spiro atoms. The maximum absolute atomic E-state index is 11.1. The maximum Gasteiger partial charge on any atom is 0.223 e. The lowest BCUT2D eigenvalue weighted by molar-refractivity contribution is -0.114. The van der Waals surface area contributed by atoms with Gasteiger partial charge in [0.05, 0.1) is 0 Å². The van der Waals surface area contributed by atoms with Crippen LogP contribution >= 0.6 is 11.3 Å². The number of anilines is 1. The van der Waals surface area contributed by atoms with E-state index in [9.17, 15) is 4.79 Å². The number of thiazole rings is 1. The van der Waals surface area contributed by atoms with Gasteiger partial charge in [0.2, 0.25) is 5.91 Å². The maximum atomic E-state index is 11.1. The fourth-order valence-electron chi connectivity index (χ4n) is 3.14. The fourth-order valence-corrected chi connectivity index (χ4v) is 4.04. The lowest BCUT2D eigenvalue weighted by Gasteiger charge is -2.39. The van der Waals surface area contributed by atoms with Crippen molar-refractivity contribution in [2.45, 2.75) is 38.6 Å². The number of nitrogens with zero attached hydrogens (tertiary/aromatic N) is 2. The number of likely N-dealkylation sites (tertiary alicyclic amines) is 1. The summed E-state index contributed by atoms with van der Waals surface area (Å²) in [6.45, 7) is 7.00. The van der Waals surface area contributed by atoms with Crippen molar-refractivity contribution >= 4 is 22.4 Å². The van der Waals surface area contributed by atoms with Crippen molar-refractivity contribution in [3.8, 4) is 0 Å². The van der Waals surface area contributed by atoms with Crippen LogP contribution < -0.4 is 5.32 Å². The van der Waals surface area contributed by atoms with E-state index in [1.165, 1.54) is 30.2 Å². The molecule has 2 heterocycles. The number of aromatic nitrogens is 1. The molecule has 0 unspecified atom stereocenters. The molecular formula is C18H23N3OS. The summed E-state index contributed by atoms with van der Waals surface area (Å²) in [5.74, 6) is -0.0671. The molecule has 1 aliphatic rings. The predicted octanol–water partition coefficient (Wildman–Crippen LogP) is 3.66. The Kier molecular flexibility index (Phi) is 4.78. The van der Waals surface area contributed by atoms with Crippen molar-refractivity contribution in [1.29, 1.82) is 0 Å². The van der Waals surface area contributed by atoms with Crippen LogP contribution in [-0.2, 0) is 16.8 Å². The smallest absolute Gasteiger partial charge is 0.223 e. The Morgan fingerprint density at radius 3 is 2.65 bits per heavy atom. The number of hydrogen-bond donors (Lipinski definition) is 1. The first kappa shape index (κ1) is 16.1. The normalized spacial score (nSPS) is 17.8. The number of piperidine rings is 1. The van der Waals surface area contributed by atoms with Crippen LogP contribution in [0.3, 0.4) is 0 Å². The Hall–Kier alpha value is -1.72. The van der Waals surface area contributed by atoms with E-state index in [2.05, 4.69) is 52.5 Å². The quantitative estimate of drug-likeness (QED) is 0.931. The fraction of sp³-hybridized carbons (Fsp3) is 0.444. The Bertz CT molecular complexity index is 660. The molecule has 1 N–H and O–H groups in total. The average molecular weight is 329 g/mol. The van der Waals surface area contributed by atoms with Gasteiger partial charge in [0.15, 0.2) is 5.13 Å². The number of hydrogen-bond acceptors (Lipinski definition) is 4. The van der Waals surface area contributed by atoms with Gasteiger partial charge < -0.3 is 5.32 Å². The van der Waals surface area contributed by atoms with Gasteiger partial charge in [-0.2, -0.15) is 0 Å². The molecule has 1 aromatic heterocycles. The molecule has 1 saturated heterocycles. The lowest BCUT2D eigenvalue weighted by atomic mass is 9.74. The van der Waals surface area contributed by atoms with Crippen molar-refractivity contribution in [3.05, 3.63) is 47.0 Å². The molecule has 1 fully saturated rings. The van der Waals surface area contributed by atoms with Crippen LogP contribution in [0.4, 0.5) is 5.13 Å². The summed E-state index contributed by atoms with van der Waals surface area (Å²) in [7, 11) is 0. The van der Waals surface area contributed by atoms with Gasteiger partial charge in [-0.05, 0) is 36.9 Å². The van der Waals surface area contributed by atoms with Gasteiger partial charge in [0, 0.05) is 24.5 Å². The van der Waals surface area contributed by atoms with Gasteiger partial charge in [-0.15, -0.1) is 11.3 Å². The van der Waals surface area contributed by atoms with Gasteiger partial charge in [0.25, 0.3) is 0 Å². The molecule has 0 saturated carbocycles. The van der Waals surface area contributed by atoms with Crippen molar-refractivity contribution in [1.82, 2.24) is 9.88 Å². The number of amides is 1. The number of carbonyl (C=O) groups excluding carboxylic acids is 1. The Morgan fingerprint density at radius 2 is 2.00 bits per heavy atom. The molecule has 0 bridgehead atoms. The molecule has 1 aromatic carbocycles. The highest BCUT2D eigenvalue weighted by Crippen LogP contribution is 2.35. The first-order chi connectivity index (χ1) is 11.0. The molecule has 0 aliphatic carbocycles. The molecule has 1 amide bonds. The van der Waals surface area contributed by atoms with Crippen LogP contribution in [0.5, 0.6) is 0 Å². The van der Waals surface area contributed by atoms with E-state index in [1.54, 1.807) is 11.3 Å². The minimum atomic E-state index is -0.0671. The second-order valence-corrected chi connectivity index (χ2v) is 7.63. The van der Waals surface area contributed by atoms with Crippen LogP contribution in [0, 0.1) is 0 Å². The first-order valence-electron chi connectivity index (χ1n) is 8.05. The molecule has 3 rings (SSSR count). The highest BCUT2D eigenvalue weighted by molar-refractivity contribution is 7.15. The summed E-state index contributed by atoms with van der Waals surface area (Å²) >= 11 is 1.57. The number of carbonyl (C=O) groups is 1. The summed E-state index contributed by atoms with van der Waals surface area (Å²) in [4.78, 5) is 19.0. The van der Waals surface area contributed by atoms with E-state index in [-0.39, 0.29) is 11.3 Å². The van der Waals surface area contributed by atoms with E-state index >= 15 is 0 Å². The standard InChI is InChI=1S/C18H23N3OS/c1-14(22)20-17-19-12-16(23-17)13-21-10-8-18(2,9-11-21)15-6-4-3-5-7-15/h3-7,12H,8-11,13H2,1-2H3,(H,19,20,22). The summed E-state index contributed by atoms with van der Waals surface area (Å²) in [6, 6.07) is 10.8. The summed E-state index contributed by atoms with van der Waals surface area (Å²) in [5, 5.41) is 3.44. The third-order valence-corrected chi connectivity index (χ3v) is 5.54. The van der Waals surface area contributed by atoms with Gasteiger partial charge in [-0.3, -0.25) is 9.69 Å².